The first-order valence-electron chi connectivity index (χ1n) is 6.90. The second kappa shape index (κ2) is 7.10. The summed E-state index contributed by atoms with van der Waals surface area (Å²) in [5.41, 5.74) is 0. The minimum absolute atomic E-state index is 0.591. The summed E-state index contributed by atoms with van der Waals surface area (Å²) >= 11 is 7.22. The van der Waals surface area contributed by atoms with Gasteiger partial charge in [-0.3, -0.25) is 0 Å². The topological polar surface area (TPSA) is 24.1 Å². The van der Waals surface area contributed by atoms with Crippen LogP contribution in [0.2, 0.25) is 0 Å². The van der Waals surface area contributed by atoms with E-state index < -0.39 is 0 Å². The molecule has 2 nitrogen and oxygen atoms in total. The lowest BCUT2D eigenvalue weighted by molar-refractivity contribution is 0.412. The first-order valence-corrected chi connectivity index (χ1v) is 8.12. The van der Waals surface area contributed by atoms with Crippen LogP contribution in [-0.4, -0.2) is 11.2 Å². The Hall–Kier alpha value is -0.610. The number of hydrogen-bond acceptors (Lipinski definition) is 2. The van der Waals surface area contributed by atoms with Gasteiger partial charge >= 0.3 is 0 Å². The van der Waals surface area contributed by atoms with Crippen LogP contribution in [0.4, 0.5) is 0 Å². The maximum Gasteiger partial charge on any atom is 0.166 e. The van der Waals surface area contributed by atoms with Crippen LogP contribution in [0.5, 0.6) is 0 Å². The van der Waals surface area contributed by atoms with Crippen LogP contribution in [-0.2, 0) is 13.0 Å². The molecule has 0 spiro atoms. The number of rotatable bonds is 4. The van der Waals surface area contributed by atoms with E-state index in [2.05, 4.69) is 29.7 Å². The number of nitrogens with one attached hydrogen (secondary N) is 2. The summed E-state index contributed by atoms with van der Waals surface area (Å²) < 4.78 is 0. The zero-order valence-electron chi connectivity index (χ0n) is 11.0. The molecule has 1 fully saturated rings. The molecule has 0 aromatic carbocycles. The van der Waals surface area contributed by atoms with Gasteiger partial charge in [-0.2, -0.15) is 0 Å². The maximum absolute atomic E-state index is 5.35. The second-order valence-electron chi connectivity index (χ2n) is 4.88. The van der Waals surface area contributed by atoms with Crippen LogP contribution in [0, 0.1) is 0 Å². The molecular formula is C14H22N2S2. The summed E-state index contributed by atoms with van der Waals surface area (Å²) in [5, 5.41) is 7.56. The maximum atomic E-state index is 5.35. The Kier molecular flexibility index (Phi) is 5.45. The highest BCUT2D eigenvalue weighted by Gasteiger charge is 2.13. The van der Waals surface area contributed by atoms with Crippen LogP contribution in [0.3, 0.4) is 0 Å². The van der Waals surface area contributed by atoms with Gasteiger partial charge in [0.05, 0.1) is 6.54 Å². The molecule has 1 aliphatic carbocycles. The van der Waals surface area contributed by atoms with Crippen molar-refractivity contribution in [1.82, 2.24) is 10.6 Å². The molecule has 1 heterocycles. The van der Waals surface area contributed by atoms with Gasteiger partial charge in [0.15, 0.2) is 5.11 Å². The first kappa shape index (κ1) is 13.8. The Labute approximate surface area is 119 Å². The molecule has 1 aromatic rings. The molecule has 2 N–H and O–H groups in total. The van der Waals surface area contributed by atoms with Crippen molar-refractivity contribution in [2.45, 2.75) is 58.0 Å². The lowest BCUT2D eigenvalue weighted by atomic mass is 9.96. The molecule has 0 aliphatic heterocycles. The van der Waals surface area contributed by atoms with E-state index in [1.54, 1.807) is 0 Å². The van der Waals surface area contributed by atoms with E-state index in [1.807, 2.05) is 11.3 Å². The van der Waals surface area contributed by atoms with Gasteiger partial charge in [0.1, 0.15) is 0 Å². The molecule has 0 atom stereocenters. The van der Waals surface area contributed by atoms with Crippen LogP contribution in [0.25, 0.3) is 0 Å². The second-order valence-corrected chi connectivity index (χ2v) is 6.54. The molecule has 2 rings (SSSR count). The summed E-state index contributed by atoms with van der Waals surface area (Å²) in [6.07, 6.45) is 7.71. The average Bonchev–Trinajstić information content (AvgIpc) is 2.85. The van der Waals surface area contributed by atoms with E-state index in [9.17, 15) is 0 Å². The number of thiophene rings is 1. The highest BCUT2D eigenvalue weighted by Crippen LogP contribution is 2.18. The van der Waals surface area contributed by atoms with Gasteiger partial charge in [0, 0.05) is 15.8 Å². The summed E-state index contributed by atoms with van der Waals surface area (Å²) in [6.45, 7) is 3.04. The molecule has 0 bridgehead atoms. The van der Waals surface area contributed by atoms with Crippen LogP contribution < -0.4 is 10.6 Å². The molecule has 100 valence electrons. The Balaban J connectivity index is 1.70. The Morgan fingerprint density at radius 3 is 2.67 bits per heavy atom. The zero-order valence-corrected chi connectivity index (χ0v) is 12.6. The lowest BCUT2D eigenvalue weighted by Gasteiger charge is -2.24. The van der Waals surface area contributed by atoms with Crippen molar-refractivity contribution >= 4 is 28.7 Å². The van der Waals surface area contributed by atoms with Crippen molar-refractivity contribution in [3.8, 4) is 0 Å². The Bertz CT molecular complexity index is 381. The highest BCUT2D eigenvalue weighted by molar-refractivity contribution is 7.80. The van der Waals surface area contributed by atoms with E-state index in [1.165, 1.54) is 41.9 Å². The van der Waals surface area contributed by atoms with Crippen molar-refractivity contribution in [2.24, 2.45) is 0 Å². The van der Waals surface area contributed by atoms with Crippen LogP contribution in [0.1, 0.15) is 48.8 Å². The fourth-order valence-electron chi connectivity index (χ4n) is 2.36. The molecule has 1 aliphatic rings. The highest BCUT2D eigenvalue weighted by atomic mass is 32.1. The molecule has 0 radical (unpaired) electrons. The lowest BCUT2D eigenvalue weighted by Crippen LogP contribution is -2.42. The fraction of sp³-hybridized carbons (Fsp3) is 0.643. The van der Waals surface area contributed by atoms with Gasteiger partial charge in [-0.25, -0.2) is 0 Å². The molecule has 0 amide bonds. The molecular weight excluding hydrogens is 260 g/mol. The predicted molar refractivity (Wildman–Crippen MR) is 83.1 cm³/mol. The third-order valence-electron chi connectivity index (χ3n) is 3.43. The normalized spacial score (nSPS) is 16.5. The molecule has 1 saturated carbocycles. The van der Waals surface area contributed by atoms with Crippen LogP contribution in [0.15, 0.2) is 12.1 Å². The minimum Gasteiger partial charge on any atom is -0.360 e. The van der Waals surface area contributed by atoms with Gasteiger partial charge in [-0.1, -0.05) is 26.2 Å². The molecule has 1 aromatic heterocycles. The van der Waals surface area contributed by atoms with E-state index in [4.69, 9.17) is 12.2 Å². The van der Waals surface area contributed by atoms with Gasteiger partial charge in [0.25, 0.3) is 0 Å². The monoisotopic (exact) mass is 282 g/mol. The number of aryl methyl sites for hydroxylation is 1. The SMILES string of the molecule is CCc1ccc(CNC(=S)NC2CCCCC2)s1. The third-order valence-corrected chi connectivity index (χ3v) is 4.92. The van der Waals surface area contributed by atoms with Crippen molar-refractivity contribution in [3.63, 3.8) is 0 Å². The van der Waals surface area contributed by atoms with Crippen molar-refractivity contribution < 1.29 is 0 Å². The number of hydrogen-bond donors (Lipinski definition) is 2. The van der Waals surface area contributed by atoms with Crippen LogP contribution >= 0.6 is 23.6 Å². The minimum atomic E-state index is 0.591. The summed E-state index contributed by atoms with van der Waals surface area (Å²) in [6, 6.07) is 4.99. The quantitative estimate of drug-likeness (QED) is 0.825. The van der Waals surface area contributed by atoms with Crippen molar-refractivity contribution in [3.05, 3.63) is 21.9 Å². The van der Waals surface area contributed by atoms with Gasteiger partial charge in [-0.15, -0.1) is 11.3 Å². The largest absolute Gasteiger partial charge is 0.360 e. The van der Waals surface area contributed by atoms with Gasteiger partial charge in [-0.05, 0) is 43.6 Å². The Morgan fingerprint density at radius 2 is 2.00 bits per heavy atom. The summed E-state index contributed by atoms with van der Waals surface area (Å²) in [7, 11) is 0. The van der Waals surface area contributed by atoms with Crippen molar-refractivity contribution in [2.75, 3.05) is 0 Å². The number of thiocarbonyl (C=S) groups is 1. The van der Waals surface area contributed by atoms with E-state index >= 15 is 0 Å². The van der Waals surface area contributed by atoms with E-state index in [0.717, 1.165) is 18.1 Å². The fourth-order valence-corrected chi connectivity index (χ4v) is 3.49. The summed E-state index contributed by atoms with van der Waals surface area (Å²) in [5.74, 6) is 0. The van der Waals surface area contributed by atoms with E-state index in [0.29, 0.717) is 6.04 Å². The third kappa shape index (κ3) is 4.25. The molecule has 0 unspecified atom stereocenters. The molecule has 0 saturated heterocycles. The van der Waals surface area contributed by atoms with Crippen molar-refractivity contribution in [1.29, 1.82) is 0 Å². The average molecular weight is 282 g/mol. The van der Waals surface area contributed by atoms with Gasteiger partial charge in [0.2, 0.25) is 0 Å². The Morgan fingerprint density at radius 1 is 1.28 bits per heavy atom. The zero-order chi connectivity index (χ0) is 12.8. The summed E-state index contributed by atoms with van der Waals surface area (Å²) in [4.78, 5) is 2.80. The van der Waals surface area contributed by atoms with E-state index in [-0.39, 0.29) is 0 Å². The predicted octanol–water partition coefficient (Wildman–Crippen LogP) is 3.61. The first-order chi connectivity index (χ1) is 8.78. The molecule has 4 heteroatoms. The smallest absolute Gasteiger partial charge is 0.166 e. The molecule has 18 heavy (non-hydrogen) atoms. The standard InChI is InChI=1S/C14H22N2S2/c1-2-12-8-9-13(18-12)10-15-14(17)16-11-6-4-3-5-7-11/h8-9,11H,2-7,10H2,1H3,(H2,15,16,17). The van der Waals surface area contributed by atoms with Gasteiger partial charge < -0.3 is 10.6 Å².